The van der Waals surface area contributed by atoms with Crippen LogP contribution in [0.4, 0.5) is 0 Å². The second kappa shape index (κ2) is 6.49. The Morgan fingerprint density at radius 3 is 2.79 bits per heavy atom. The van der Waals surface area contributed by atoms with Crippen molar-refractivity contribution in [3.05, 3.63) is 57.8 Å². The summed E-state index contributed by atoms with van der Waals surface area (Å²) >= 11 is 4.75. The van der Waals surface area contributed by atoms with Crippen molar-refractivity contribution in [2.45, 2.75) is 5.33 Å². The van der Waals surface area contributed by atoms with Crippen molar-refractivity contribution >= 4 is 39.1 Å². The number of thiophene rings is 1. The highest BCUT2D eigenvalue weighted by Crippen LogP contribution is 2.14. The third kappa shape index (κ3) is 3.42. The largest absolute Gasteiger partial charge is 0.380 e. The highest BCUT2D eigenvalue weighted by molar-refractivity contribution is 9.08. The molecule has 1 heterocycles. The van der Waals surface area contributed by atoms with Crippen molar-refractivity contribution in [2.75, 3.05) is 0 Å². The van der Waals surface area contributed by atoms with Crippen LogP contribution in [0, 0.1) is 0 Å². The van der Waals surface area contributed by atoms with Gasteiger partial charge in [0.2, 0.25) is 0 Å². The molecule has 2 aromatic rings. The molecule has 2 N–H and O–H groups in total. The molecule has 0 radical (unpaired) electrons. The molecule has 4 nitrogen and oxygen atoms in total. The molecule has 0 amide bonds. The van der Waals surface area contributed by atoms with Gasteiger partial charge in [-0.15, -0.1) is 11.3 Å². The molecule has 1 aromatic heterocycles. The number of nitrogens with two attached hydrogens (primary N) is 1. The zero-order chi connectivity index (χ0) is 13.7. The monoisotopic (exact) mass is 338 g/mol. The van der Waals surface area contributed by atoms with Crippen molar-refractivity contribution < 1.29 is 9.63 Å². The first kappa shape index (κ1) is 13.8. The molecular weight excluding hydrogens is 328 g/mol. The van der Waals surface area contributed by atoms with Crippen molar-refractivity contribution in [2.24, 2.45) is 10.9 Å². The Morgan fingerprint density at radius 1 is 1.32 bits per heavy atom. The number of alkyl halides is 1. The van der Waals surface area contributed by atoms with Gasteiger partial charge in [-0.3, -0.25) is 0 Å². The Hall–Kier alpha value is -1.66. The number of hydrogen-bond donors (Lipinski definition) is 1. The number of nitrogens with zero attached hydrogens (tertiary/aromatic N) is 1. The summed E-state index contributed by atoms with van der Waals surface area (Å²) in [6.07, 6.45) is 0. The van der Waals surface area contributed by atoms with Gasteiger partial charge >= 0.3 is 5.97 Å². The normalized spacial score (nSPS) is 11.3. The lowest BCUT2D eigenvalue weighted by Crippen LogP contribution is -2.14. The van der Waals surface area contributed by atoms with E-state index in [1.807, 2.05) is 29.6 Å². The quantitative estimate of drug-likeness (QED) is 0.306. The minimum atomic E-state index is -0.519. The van der Waals surface area contributed by atoms with Crippen LogP contribution in [0.5, 0.6) is 0 Å². The molecule has 0 saturated heterocycles. The summed E-state index contributed by atoms with van der Waals surface area (Å²) in [4.78, 5) is 17.5. The molecule has 0 aliphatic rings. The van der Waals surface area contributed by atoms with Gasteiger partial charge in [-0.05, 0) is 23.1 Å². The Kier molecular flexibility index (Phi) is 4.70. The zero-order valence-electron chi connectivity index (χ0n) is 9.88. The Labute approximate surface area is 123 Å². The minimum Gasteiger partial charge on any atom is -0.380 e. The molecule has 1 aromatic carbocycles. The molecule has 2 rings (SSSR count). The highest BCUT2D eigenvalue weighted by Gasteiger charge is 2.12. The van der Waals surface area contributed by atoms with Crippen LogP contribution in [0.15, 0.2) is 46.9 Å². The second-order valence-corrected chi connectivity index (χ2v) is 5.13. The van der Waals surface area contributed by atoms with Crippen LogP contribution in [0.25, 0.3) is 0 Å². The number of benzene rings is 1. The lowest BCUT2D eigenvalue weighted by Gasteiger charge is -2.03. The average Bonchev–Trinajstić information content (AvgIpc) is 2.98. The van der Waals surface area contributed by atoms with Crippen LogP contribution < -0.4 is 5.73 Å². The number of amidine groups is 1. The third-order valence-corrected chi connectivity index (χ3v) is 3.88. The molecule has 0 bridgehead atoms. The van der Waals surface area contributed by atoms with E-state index in [4.69, 9.17) is 10.6 Å². The maximum absolute atomic E-state index is 11.9. The maximum atomic E-state index is 11.9. The lowest BCUT2D eigenvalue weighted by atomic mass is 10.1. The SMILES string of the molecule is N/C(=N\OC(=O)c1ccccc1CBr)c1cccs1. The van der Waals surface area contributed by atoms with E-state index in [9.17, 15) is 4.79 Å². The van der Waals surface area contributed by atoms with Crippen LogP contribution >= 0.6 is 27.3 Å². The summed E-state index contributed by atoms with van der Waals surface area (Å²) < 4.78 is 0. The molecule has 0 aliphatic heterocycles. The molecule has 98 valence electrons. The summed E-state index contributed by atoms with van der Waals surface area (Å²) in [7, 11) is 0. The van der Waals surface area contributed by atoms with Gasteiger partial charge in [0.05, 0.1) is 10.4 Å². The number of hydrogen-bond acceptors (Lipinski definition) is 4. The van der Waals surface area contributed by atoms with Gasteiger partial charge < -0.3 is 10.6 Å². The standard InChI is InChI=1S/C13H11BrN2O2S/c14-8-9-4-1-2-5-10(9)13(17)18-16-12(15)11-6-3-7-19-11/h1-7H,8H2,(H2,15,16). The van der Waals surface area contributed by atoms with Crippen molar-refractivity contribution in [3.63, 3.8) is 0 Å². The summed E-state index contributed by atoms with van der Waals surface area (Å²) in [6, 6.07) is 10.8. The van der Waals surface area contributed by atoms with Crippen molar-refractivity contribution in [1.29, 1.82) is 0 Å². The fourth-order valence-corrected chi connectivity index (χ4v) is 2.55. The number of carbonyl (C=O) groups excluding carboxylic acids is 1. The smallest absolute Gasteiger partial charge is 0.366 e. The van der Waals surface area contributed by atoms with Crippen molar-refractivity contribution in [3.8, 4) is 0 Å². The number of oxime groups is 1. The average molecular weight is 339 g/mol. The van der Waals surface area contributed by atoms with Gasteiger partial charge in [0.25, 0.3) is 0 Å². The van der Waals surface area contributed by atoms with E-state index in [0.29, 0.717) is 10.9 Å². The van der Waals surface area contributed by atoms with E-state index in [1.165, 1.54) is 11.3 Å². The summed E-state index contributed by atoms with van der Waals surface area (Å²) in [5.74, 6) is -0.325. The van der Waals surface area contributed by atoms with Crippen LogP contribution in [0.3, 0.4) is 0 Å². The molecule has 6 heteroatoms. The zero-order valence-corrected chi connectivity index (χ0v) is 12.3. The molecule has 0 atom stereocenters. The Morgan fingerprint density at radius 2 is 2.11 bits per heavy atom. The number of carbonyl (C=O) groups is 1. The Balaban J connectivity index is 2.11. The molecule has 0 aliphatic carbocycles. The van der Waals surface area contributed by atoms with Gasteiger partial charge in [-0.1, -0.05) is 45.4 Å². The molecule has 0 saturated carbocycles. The Bertz CT molecular complexity index is 596. The second-order valence-electron chi connectivity index (χ2n) is 3.62. The van der Waals surface area contributed by atoms with E-state index in [2.05, 4.69) is 21.1 Å². The summed E-state index contributed by atoms with van der Waals surface area (Å²) in [5.41, 5.74) is 7.03. The van der Waals surface area contributed by atoms with E-state index >= 15 is 0 Å². The van der Waals surface area contributed by atoms with E-state index in [0.717, 1.165) is 10.4 Å². The fourth-order valence-electron chi connectivity index (χ4n) is 1.45. The minimum absolute atomic E-state index is 0.194. The topological polar surface area (TPSA) is 64.7 Å². The molecular formula is C13H11BrN2O2S. The highest BCUT2D eigenvalue weighted by atomic mass is 79.9. The molecule has 0 spiro atoms. The van der Waals surface area contributed by atoms with Gasteiger partial charge in [0, 0.05) is 5.33 Å². The predicted molar refractivity (Wildman–Crippen MR) is 79.5 cm³/mol. The van der Waals surface area contributed by atoms with Gasteiger partial charge in [-0.25, -0.2) is 4.79 Å². The van der Waals surface area contributed by atoms with Gasteiger partial charge in [0.1, 0.15) is 0 Å². The van der Waals surface area contributed by atoms with Crippen LogP contribution in [-0.2, 0) is 10.2 Å². The first-order valence-corrected chi connectivity index (χ1v) is 7.45. The summed E-state index contributed by atoms with van der Waals surface area (Å²) in [5, 5.41) is 6.10. The predicted octanol–water partition coefficient (Wildman–Crippen LogP) is 3.12. The molecule has 19 heavy (non-hydrogen) atoms. The third-order valence-electron chi connectivity index (χ3n) is 2.38. The van der Waals surface area contributed by atoms with Crippen LogP contribution in [0.1, 0.15) is 20.8 Å². The first-order valence-electron chi connectivity index (χ1n) is 5.45. The van der Waals surface area contributed by atoms with E-state index < -0.39 is 5.97 Å². The van der Waals surface area contributed by atoms with Crippen LogP contribution in [0.2, 0.25) is 0 Å². The lowest BCUT2D eigenvalue weighted by molar-refractivity contribution is 0.0515. The summed E-state index contributed by atoms with van der Waals surface area (Å²) in [6.45, 7) is 0. The van der Waals surface area contributed by atoms with Crippen LogP contribution in [-0.4, -0.2) is 11.8 Å². The van der Waals surface area contributed by atoms with E-state index in [1.54, 1.807) is 12.1 Å². The number of rotatable bonds is 4. The first-order chi connectivity index (χ1) is 9.22. The van der Waals surface area contributed by atoms with Gasteiger partial charge in [0.15, 0.2) is 5.84 Å². The maximum Gasteiger partial charge on any atom is 0.366 e. The van der Waals surface area contributed by atoms with E-state index in [-0.39, 0.29) is 5.84 Å². The molecule has 0 fully saturated rings. The van der Waals surface area contributed by atoms with Gasteiger partial charge in [-0.2, -0.15) is 0 Å². The number of halogens is 1. The fraction of sp³-hybridized carbons (Fsp3) is 0.0769. The van der Waals surface area contributed by atoms with Crippen molar-refractivity contribution in [1.82, 2.24) is 0 Å². The molecule has 0 unspecified atom stereocenters.